The van der Waals surface area contributed by atoms with Gasteiger partial charge in [0.2, 0.25) is 0 Å². The lowest BCUT2D eigenvalue weighted by molar-refractivity contribution is 0.318. The van der Waals surface area contributed by atoms with E-state index in [0.717, 1.165) is 13.1 Å². The summed E-state index contributed by atoms with van der Waals surface area (Å²) in [4.78, 5) is 2.41. The largest absolute Gasteiger partial charge is 0.320 e. The van der Waals surface area contributed by atoms with E-state index in [4.69, 9.17) is 0 Å². The lowest BCUT2D eigenvalue weighted by atomic mass is 10.1. The van der Waals surface area contributed by atoms with E-state index >= 15 is 0 Å². The maximum absolute atomic E-state index is 3.19. The highest BCUT2D eigenvalue weighted by molar-refractivity contribution is 5.28. The number of hydrogen-bond donors (Lipinski definition) is 1. The second kappa shape index (κ2) is 7.46. The Labute approximate surface area is 106 Å². The second-order valence-corrected chi connectivity index (χ2v) is 5.04. The molecule has 2 nitrogen and oxygen atoms in total. The van der Waals surface area contributed by atoms with Crippen LogP contribution in [0.3, 0.4) is 0 Å². The van der Waals surface area contributed by atoms with E-state index in [1.54, 1.807) is 0 Å². The van der Waals surface area contributed by atoms with Gasteiger partial charge in [-0.1, -0.05) is 29.3 Å². The van der Waals surface area contributed by atoms with Gasteiger partial charge in [-0.25, -0.2) is 0 Å². The van der Waals surface area contributed by atoms with Crippen molar-refractivity contribution >= 4 is 0 Å². The molecule has 0 aromatic heterocycles. The third kappa shape index (κ3) is 5.85. The predicted molar refractivity (Wildman–Crippen MR) is 75.4 cm³/mol. The number of aryl methyl sites for hydroxylation is 2. The molecule has 2 heteroatoms. The summed E-state index contributed by atoms with van der Waals surface area (Å²) in [6.07, 6.45) is 2.52. The SMILES string of the molecule is CNCCCCN(C)Cc1cc(C)cc(C)c1. The molecular formula is C15H26N2. The van der Waals surface area contributed by atoms with Gasteiger partial charge < -0.3 is 10.2 Å². The van der Waals surface area contributed by atoms with Gasteiger partial charge in [-0.3, -0.25) is 0 Å². The first-order valence-corrected chi connectivity index (χ1v) is 6.52. The molecule has 1 aromatic rings. The minimum absolute atomic E-state index is 1.06. The van der Waals surface area contributed by atoms with Gasteiger partial charge in [-0.2, -0.15) is 0 Å². The number of rotatable bonds is 7. The summed E-state index contributed by atoms with van der Waals surface area (Å²) in [5.74, 6) is 0. The predicted octanol–water partition coefficient (Wildman–Crippen LogP) is 2.73. The van der Waals surface area contributed by atoms with Crippen molar-refractivity contribution in [2.45, 2.75) is 33.2 Å². The van der Waals surface area contributed by atoms with Gasteiger partial charge in [0.1, 0.15) is 0 Å². The Morgan fingerprint density at radius 2 is 1.71 bits per heavy atom. The summed E-state index contributed by atoms with van der Waals surface area (Å²) in [7, 11) is 4.22. The van der Waals surface area contributed by atoms with Gasteiger partial charge in [-0.15, -0.1) is 0 Å². The molecule has 1 N–H and O–H groups in total. The summed E-state index contributed by atoms with van der Waals surface area (Å²) in [5.41, 5.74) is 4.16. The number of hydrogen-bond acceptors (Lipinski definition) is 2. The molecule has 0 fully saturated rings. The fourth-order valence-corrected chi connectivity index (χ4v) is 2.23. The van der Waals surface area contributed by atoms with Crippen LogP contribution in [0, 0.1) is 13.8 Å². The van der Waals surface area contributed by atoms with Crippen molar-refractivity contribution in [3.63, 3.8) is 0 Å². The topological polar surface area (TPSA) is 15.3 Å². The van der Waals surface area contributed by atoms with Gasteiger partial charge in [0.25, 0.3) is 0 Å². The van der Waals surface area contributed by atoms with E-state index < -0.39 is 0 Å². The zero-order valence-electron chi connectivity index (χ0n) is 11.7. The molecule has 0 spiro atoms. The van der Waals surface area contributed by atoms with E-state index in [9.17, 15) is 0 Å². The van der Waals surface area contributed by atoms with E-state index in [0.29, 0.717) is 0 Å². The summed E-state index contributed by atoms with van der Waals surface area (Å²) in [5, 5.41) is 3.19. The lowest BCUT2D eigenvalue weighted by Crippen LogP contribution is -2.20. The Kier molecular flexibility index (Phi) is 6.23. The van der Waals surface area contributed by atoms with Crippen molar-refractivity contribution in [2.24, 2.45) is 0 Å². The van der Waals surface area contributed by atoms with Crippen LogP contribution >= 0.6 is 0 Å². The molecule has 0 radical (unpaired) electrons. The first-order chi connectivity index (χ1) is 8.11. The minimum Gasteiger partial charge on any atom is -0.320 e. The molecule has 1 aromatic carbocycles. The molecule has 0 amide bonds. The Bertz CT molecular complexity index is 313. The highest BCUT2D eigenvalue weighted by Crippen LogP contribution is 2.11. The van der Waals surface area contributed by atoms with Crippen LogP contribution in [0.15, 0.2) is 18.2 Å². The molecule has 96 valence electrons. The minimum atomic E-state index is 1.06. The lowest BCUT2D eigenvalue weighted by Gasteiger charge is -2.17. The average Bonchev–Trinajstić information content (AvgIpc) is 2.23. The number of benzene rings is 1. The molecule has 17 heavy (non-hydrogen) atoms. The molecule has 0 aliphatic rings. The smallest absolute Gasteiger partial charge is 0.0230 e. The third-order valence-electron chi connectivity index (χ3n) is 2.95. The Hall–Kier alpha value is -0.860. The van der Waals surface area contributed by atoms with Crippen molar-refractivity contribution < 1.29 is 0 Å². The van der Waals surface area contributed by atoms with Crippen molar-refractivity contribution in [3.05, 3.63) is 34.9 Å². The van der Waals surface area contributed by atoms with Gasteiger partial charge >= 0.3 is 0 Å². The molecule has 0 heterocycles. The number of unbranched alkanes of at least 4 members (excludes halogenated alkanes) is 1. The highest BCUT2D eigenvalue weighted by Gasteiger charge is 2.01. The maximum atomic E-state index is 3.19. The standard InChI is InChI=1S/C15H26N2/c1-13-9-14(2)11-15(10-13)12-17(4)8-6-5-7-16-3/h9-11,16H,5-8,12H2,1-4H3. The van der Waals surface area contributed by atoms with Crippen LogP contribution in [0.2, 0.25) is 0 Å². The summed E-state index contributed by atoms with van der Waals surface area (Å²) >= 11 is 0. The van der Waals surface area contributed by atoms with Crippen molar-refractivity contribution in [3.8, 4) is 0 Å². The fourth-order valence-electron chi connectivity index (χ4n) is 2.23. The van der Waals surface area contributed by atoms with Crippen LogP contribution in [0.4, 0.5) is 0 Å². The maximum Gasteiger partial charge on any atom is 0.0230 e. The van der Waals surface area contributed by atoms with Crippen LogP contribution in [-0.4, -0.2) is 32.1 Å². The summed E-state index contributed by atoms with van der Waals surface area (Å²) < 4.78 is 0. The van der Waals surface area contributed by atoms with Crippen molar-refractivity contribution in [1.82, 2.24) is 10.2 Å². The molecule has 0 bridgehead atoms. The van der Waals surface area contributed by atoms with E-state index in [1.165, 1.54) is 36.1 Å². The van der Waals surface area contributed by atoms with Crippen LogP contribution in [-0.2, 0) is 6.54 Å². The molecule has 0 saturated carbocycles. The van der Waals surface area contributed by atoms with Gasteiger partial charge in [-0.05, 0) is 59.4 Å². The van der Waals surface area contributed by atoms with Crippen molar-refractivity contribution in [2.75, 3.05) is 27.2 Å². The molecule has 0 aliphatic carbocycles. The first kappa shape index (κ1) is 14.2. The quantitative estimate of drug-likeness (QED) is 0.730. The molecular weight excluding hydrogens is 208 g/mol. The first-order valence-electron chi connectivity index (χ1n) is 6.52. The Morgan fingerprint density at radius 3 is 2.29 bits per heavy atom. The average molecular weight is 234 g/mol. The zero-order chi connectivity index (χ0) is 12.7. The van der Waals surface area contributed by atoms with Gasteiger partial charge in [0.05, 0.1) is 0 Å². The second-order valence-electron chi connectivity index (χ2n) is 5.04. The summed E-state index contributed by atoms with van der Waals surface area (Å²) in [6.45, 7) is 7.70. The highest BCUT2D eigenvalue weighted by atomic mass is 15.1. The molecule has 0 atom stereocenters. The molecule has 0 unspecified atom stereocenters. The van der Waals surface area contributed by atoms with Crippen LogP contribution in [0.25, 0.3) is 0 Å². The van der Waals surface area contributed by atoms with Crippen molar-refractivity contribution in [1.29, 1.82) is 0 Å². The zero-order valence-corrected chi connectivity index (χ0v) is 11.7. The monoisotopic (exact) mass is 234 g/mol. The molecule has 1 rings (SSSR count). The molecule has 0 aliphatic heterocycles. The van der Waals surface area contributed by atoms with E-state index in [1.807, 2.05) is 7.05 Å². The molecule has 0 saturated heterocycles. The normalized spacial score (nSPS) is 11.1. The fraction of sp³-hybridized carbons (Fsp3) is 0.600. The van der Waals surface area contributed by atoms with Gasteiger partial charge in [0, 0.05) is 6.54 Å². The van der Waals surface area contributed by atoms with Crippen LogP contribution in [0.1, 0.15) is 29.5 Å². The number of nitrogens with one attached hydrogen (secondary N) is 1. The number of nitrogens with zero attached hydrogens (tertiary/aromatic N) is 1. The van der Waals surface area contributed by atoms with E-state index in [-0.39, 0.29) is 0 Å². The van der Waals surface area contributed by atoms with Crippen LogP contribution < -0.4 is 5.32 Å². The summed E-state index contributed by atoms with van der Waals surface area (Å²) in [6, 6.07) is 6.81. The third-order valence-corrected chi connectivity index (χ3v) is 2.95. The van der Waals surface area contributed by atoms with Gasteiger partial charge in [0.15, 0.2) is 0 Å². The Morgan fingerprint density at radius 1 is 1.06 bits per heavy atom. The van der Waals surface area contributed by atoms with Crippen LogP contribution in [0.5, 0.6) is 0 Å². The van der Waals surface area contributed by atoms with E-state index in [2.05, 4.69) is 49.3 Å². The Balaban J connectivity index is 2.36.